The van der Waals surface area contributed by atoms with Gasteiger partial charge < -0.3 is 20.2 Å². The molecule has 9 nitrogen and oxygen atoms in total. The first-order valence-electron chi connectivity index (χ1n) is 9.96. The van der Waals surface area contributed by atoms with Crippen molar-refractivity contribution in [2.45, 2.75) is 32.8 Å². The summed E-state index contributed by atoms with van der Waals surface area (Å²) in [6.07, 6.45) is 1.32. The fraction of sp³-hybridized carbons (Fsp3) is 0.227. The predicted octanol–water partition coefficient (Wildman–Crippen LogP) is 3.58. The number of rotatable bonds is 8. The van der Waals surface area contributed by atoms with E-state index in [1.807, 2.05) is 48.5 Å². The minimum absolute atomic E-state index is 0.0454. The molecular weight excluding hydrogens is 396 g/mol. The molecule has 2 aromatic heterocycles. The van der Waals surface area contributed by atoms with Crippen LogP contribution in [0.1, 0.15) is 30.6 Å². The molecule has 0 aliphatic carbocycles. The molecule has 0 bridgehead atoms. The van der Waals surface area contributed by atoms with Gasteiger partial charge in [0, 0.05) is 12.1 Å². The minimum Gasteiger partial charge on any atom is -0.457 e. The van der Waals surface area contributed by atoms with Crippen LogP contribution in [0.4, 0.5) is 17.6 Å². The van der Waals surface area contributed by atoms with Gasteiger partial charge in [-0.2, -0.15) is 15.0 Å². The van der Waals surface area contributed by atoms with E-state index in [1.165, 1.54) is 0 Å². The van der Waals surface area contributed by atoms with Gasteiger partial charge >= 0.3 is 5.97 Å². The maximum Gasteiger partial charge on any atom is 0.306 e. The van der Waals surface area contributed by atoms with E-state index < -0.39 is 5.97 Å². The number of nitrogens with one attached hydrogen (secondary N) is 1. The minimum atomic E-state index is -0.410. The third kappa shape index (κ3) is 5.13. The first kappa shape index (κ1) is 20.3. The summed E-state index contributed by atoms with van der Waals surface area (Å²) in [7, 11) is 0. The van der Waals surface area contributed by atoms with Crippen LogP contribution in [0.2, 0.25) is 0 Å². The number of carbonyl (C=O) groups is 1. The van der Waals surface area contributed by atoms with Crippen molar-refractivity contribution in [3.05, 3.63) is 65.8 Å². The van der Waals surface area contributed by atoms with Gasteiger partial charge in [0.15, 0.2) is 23.9 Å². The molecule has 2 heterocycles. The van der Waals surface area contributed by atoms with Gasteiger partial charge in [-0.25, -0.2) is 4.98 Å². The Morgan fingerprint density at radius 3 is 2.71 bits per heavy atom. The van der Waals surface area contributed by atoms with Crippen molar-refractivity contribution in [2.75, 3.05) is 11.1 Å². The number of para-hydroxylation sites is 3. The summed E-state index contributed by atoms with van der Waals surface area (Å²) in [5.41, 5.74) is 9.25. The van der Waals surface area contributed by atoms with Crippen LogP contribution in [0.3, 0.4) is 0 Å². The van der Waals surface area contributed by atoms with Gasteiger partial charge in [0.2, 0.25) is 11.9 Å². The summed E-state index contributed by atoms with van der Waals surface area (Å²) in [6, 6.07) is 15.3. The van der Waals surface area contributed by atoms with E-state index in [0.717, 1.165) is 23.2 Å². The number of oxazole rings is 1. The highest BCUT2D eigenvalue weighted by molar-refractivity contribution is 5.72. The quantitative estimate of drug-likeness (QED) is 0.412. The van der Waals surface area contributed by atoms with Crippen LogP contribution in [-0.2, 0) is 29.0 Å². The second kappa shape index (κ2) is 9.21. The van der Waals surface area contributed by atoms with E-state index in [2.05, 4.69) is 32.2 Å². The Balaban J connectivity index is 1.35. The van der Waals surface area contributed by atoms with Crippen molar-refractivity contribution in [1.29, 1.82) is 0 Å². The highest BCUT2D eigenvalue weighted by atomic mass is 16.5. The summed E-state index contributed by atoms with van der Waals surface area (Å²) >= 11 is 0. The van der Waals surface area contributed by atoms with Crippen LogP contribution in [0.25, 0.3) is 11.1 Å². The topological polar surface area (TPSA) is 129 Å². The number of aryl methyl sites for hydroxylation is 2. The standard InChI is InChI=1S/C22H22N6O3/c1-2-14-7-3-4-8-15(14)25-22-27-18(26-21(23)28-22)13-30-20(29)12-11-19-24-16-9-5-6-10-17(16)31-19/h3-10H,2,11-13H2,1H3,(H3,23,25,26,27,28). The third-order valence-electron chi connectivity index (χ3n) is 4.59. The van der Waals surface area contributed by atoms with Gasteiger partial charge in [0.25, 0.3) is 0 Å². The Labute approximate surface area is 178 Å². The fourth-order valence-electron chi connectivity index (χ4n) is 3.08. The lowest BCUT2D eigenvalue weighted by atomic mass is 10.1. The first-order chi connectivity index (χ1) is 15.1. The van der Waals surface area contributed by atoms with E-state index in [-0.39, 0.29) is 24.8 Å². The van der Waals surface area contributed by atoms with Gasteiger partial charge in [0.05, 0.1) is 6.42 Å². The van der Waals surface area contributed by atoms with Crippen LogP contribution >= 0.6 is 0 Å². The second-order valence-electron chi connectivity index (χ2n) is 6.81. The zero-order valence-corrected chi connectivity index (χ0v) is 17.0. The number of aromatic nitrogens is 4. The summed E-state index contributed by atoms with van der Waals surface area (Å²) in [4.78, 5) is 28.9. The second-order valence-corrected chi connectivity index (χ2v) is 6.81. The molecule has 31 heavy (non-hydrogen) atoms. The van der Waals surface area contributed by atoms with Crippen LogP contribution in [0.5, 0.6) is 0 Å². The number of carbonyl (C=O) groups excluding carboxylic acids is 1. The highest BCUT2D eigenvalue weighted by Crippen LogP contribution is 2.20. The van der Waals surface area contributed by atoms with Gasteiger partial charge in [-0.05, 0) is 30.2 Å². The zero-order chi connectivity index (χ0) is 21.6. The van der Waals surface area contributed by atoms with E-state index in [4.69, 9.17) is 14.9 Å². The van der Waals surface area contributed by atoms with Crippen LogP contribution < -0.4 is 11.1 Å². The average molecular weight is 418 g/mol. The molecule has 4 rings (SSSR count). The van der Waals surface area contributed by atoms with E-state index in [0.29, 0.717) is 23.8 Å². The number of anilines is 3. The van der Waals surface area contributed by atoms with Gasteiger partial charge in [-0.3, -0.25) is 4.79 Å². The maximum atomic E-state index is 12.1. The lowest BCUT2D eigenvalue weighted by Gasteiger charge is -2.10. The van der Waals surface area contributed by atoms with Crippen molar-refractivity contribution >= 4 is 34.7 Å². The third-order valence-corrected chi connectivity index (χ3v) is 4.59. The molecule has 9 heteroatoms. The normalized spacial score (nSPS) is 10.9. The zero-order valence-electron chi connectivity index (χ0n) is 17.0. The smallest absolute Gasteiger partial charge is 0.306 e. The monoisotopic (exact) mass is 418 g/mol. The molecule has 0 saturated heterocycles. The molecule has 0 saturated carbocycles. The van der Waals surface area contributed by atoms with Crippen LogP contribution in [0, 0.1) is 0 Å². The van der Waals surface area contributed by atoms with Crippen molar-refractivity contribution in [2.24, 2.45) is 0 Å². The number of nitrogens with two attached hydrogens (primary N) is 1. The molecule has 4 aromatic rings. The Morgan fingerprint density at radius 1 is 1.06 bits per heavy atom. The number of hydrogen-bond acceptors (Lipinski definition) is 9. The molecule has 0 aliphatic rings. The Morgan fingerprint density at radius 2 is 1.87 bits per heavy atom. The summed E-state index contributed by atoms with van der Waals surface area (Å²) in [5, 5.41) is 3.15. The lowest BCUT2D eigenvalue weighted by molar-refractivity contribution is -0.145. The highest BCUT2D eigenvalue weighted by Gasteiger charge is 2.12. The van der Waals surface area contributed by atoms with Crippen molar-refractivity contribution < 1.29 is 13.9 Å². The number of nitrogen functional groups attached to an aromatic ring is 1. The van der Waals surface area contributed by atoms with E-state index >= 15 is 0 Å². The molecule has 0 amide bonds. The molecule has 0 aliphatic heterocycles. The molecule has 0 radical (unpaired) electrons. The van der Waals surface area contributed by atoms with Crippen molar-refractivity contribution in [3.8, 4) is 0 Å². The van der Waals surface area contributed by atoms with E-state index in [9.17, 15) is 4.79 Å². The number of ether oxygens (including phenoxy) is 1. The molecule has 3 N–H and O–H groups in total. The molecular formula is C22H22N6O3. The SMILES string of the molecule is CCc1ccccc1Nc1nc(N)nc(COC(=O)CCc2nc3ccccc3o2)n1. The predicted molar refractivity (Wildman–Crippen MR) is 115 cm³/mol. The van der Waals surface area contributed by atoms with Gasteiger partial charge in [-0.15, -0.1) is 0 Å². The lowest BCUT2D eigenvalue weighted by Crippen LogP contribution is -2.11. The summed E-state index contributed by atoms with van der Waals surface area (Å²) < 4.78 is 10.9. The first-order valence-corrected chi connectivity index (χ1v) is 9.96. The van der Waals surface area contributed by atoms with Crippen LogP contribution in [-0.4, -0.2) is 25.9 Å². The molecule has 158 valence electrons. The van der Waals surface area contributed by atoms with Crippen molar-refractivity contribution in [1.82, 2.24) is 19.9 Å². The number of hydrogen-bond donors (Lipinski definition) is 2. The van der Waals surface area contributed by atoms with Gasteiger partial charge in [0.1, 0.15) is 5.52 Å². The molecule has 0 unspecified atom stereocenters. The number of benzene rings is 2. The molecule has 0 atom stereocenters. The number of esters is 1. The van der Waals surface area contributed by atoms with Gasteiger partial charge in [-0.1, -0.05) is 37.3 Å². The molecule has 0 fully saturated rings. The Bertz CT molecular complexity index is 1170. The fourth-order valence-corrected chi connectivity index (χ4v) is 3.08. The van der Waals surface area contributed by atoms with Crippen molar-refractivity contribution in [3.63, 3.8) is 0 Å². The molecule has 0 spiro atoms. The number of fused-ring (bicyclic) bond motifs is 1. The average Bonchev–Trinajstić information content (AvgIpc) is 3.19. The Hall–Kier alpha value is -4.01. The van der Waals surface area contributed by atoms with E-state index in [1.54, 1.807) is 0 Å². The summed E-state index contributed by atoms with van der Waals surface area (Å²) in [5.74, 6) is 0.685. The van der Waals surface area contributed by atoms with Crippen LogP contribution in [0.15, 0.2) is 52.9 Å². The Kier molecular flexibility index (Phi) is 6.02. The molecule has 2 aromatic carbocycles. The summed E-state index contributed by atoms with van der Waals surface area (Å²) in [6.45, 7) is 1.96. The number of nitrogens with zero attached hydrogens (tertiary/aromatic N) is 4. The largest absolute Gasteiger partial charge is 0.457 e. The maximum absolute atomic E-state index is 12.1.